The van der Waals surface area contributed by atoms with Gasteiger partial charge in [0.25, 0.3) is 0 Å². The molecule has 2 aromatic rings. The lowest BCUT2D eigenvalue weighted by Crippen LogP contribution is -2.09. The Morgan fingerprint density at radius 3 is 2.30 bits per heavy atom. The molecule has 0 aliphatic heterocycles. The van der Waals surface area contributed by atoms with Crippen molar-refractivity contribution in [3.8, 4) is 11.5 Å². The van der Waals surface area contributed by atoms with Gasteiger partial charge in [-0.05, 0) is 42.3 Å². The second-order valence-electron chi connectivity index (χ2n) is 5.11. The Morgan fingerprint density at radius 1 is 1.09 bits per heavy atom. The van der Waals surface area contributed by atoms with E-state index >= 15 is 0 Å². The van der Waals surface area contributed by atoms with Crippen molar-refractivity contribution in [2.75, 3.05) is 6.54 Å². The average molecular weight is 338 g/mol. The van der Waals surface area contributed by atoms with Crippen LogP contribution >= 0.6 is 12.4 Å². The van der Waals surface area contributed by atoms with E-state index in [9.17, 15) is 9.59 Å². The Bertz CT molecular complexity index is 743. The molecule has 2 rings (SSSR count). The topological polar surface area (TPSA) is 78.6 Å². The van der Waals surface area contributed by atoms with Crippen LogP contribution in [-0.4, -0.2) is 18.5 Å². The van der Waals surface area contributed by atoms with Gasteiger partial charge in [0, 0.05) is 19.4 Å². The third kappa shape index (κ3) is 4.43. The zero-order valence-corrected chi connectivity index (χ0v) is 14.2. The molecular weight excluding hydrogens is 318 g/mol. The third-order valence-corrected chi connectivity index (χ3v) is 3.31. The van der Waals surface area contributed by atoms with E-state index in [2.05, 4.69) is 0 Å². The highest BCUT2D eigenvalue weighted by molar-refractivity contribution is 5.92. The standard InChI is InChI=1S/C17H19NO4.ClH/c1-10-15-8-13(6-7-18)4-5-14(15)9-16(21-11(2)19)17(10)22-12(3)20;/h4-5,8-9H,6-7,18H2,1-3H3;1H. The van der Waals surface area contributed by atoms with Crippen molar-refractivity contribution >= 4 is 35.1 Å². The highest BCUT2D eigenvalue weighted by Gasteiger charge is 2.16. The molecule has 2 N–H and O–H groups in total. The minimum absolute atomic E-state index is 0. The molecular formula is C17H20ClNO4. The molecule has 5 nitrogen and oxygen atoms in total. The molecule has 6 heteroatoms. The lowest BCUT2D eigenvalue weighted by Gasteiger charge is -2.14. The van der Waals surface area contributed by atoms with Crippen LogP contribution in [0, 0.1) is 6.92 Å². The van der Waals surface area contributed by atoms with Gasteiger partial charge < -0.3 is 15.2 Å². The maximum atomic E-state index is 11.3. The molecule has 0 fully saturated rings. The average Bonchev–Trinajstić information content (AvgIpc) is 2.43. The molecule has 0 aromatic heterocycles. The summed E-state index contributed by atoms with van der Waals surface area (Å²) in [5.41, 5.74) is 7.45. The Labute approximate surface area is 141 Å². The van der Waals surface area contributed by atoms with Crippen LogP contribution in [0.25, 0.3) is 10.8 Å². The van der Waals surface area contributed by atoms with Crippen molar-refractivity contribution in [1.29, 1.82) is 0 Å². The second-order valence-corrected chi connectivity index (χ2v) is 5.11. The van der Waals surface area contributed by atoms with Crippen molar-refractivity contribution in [2.24, 2.45) is 5.73 Å². The van der Waals surface area contributed by atoms with E-state index in [1.165, 1.54) is 13.8 Å². The number of esters is 2. The van der Waals surface area contributed by atoms with Gasteiger partial charge in [-0.1, -0.05) is 18.2 Å². The zero-order chi connectivity index (χ0) is 16.3. The SMILES string of the molecule is CC(=O)Oc1cc2ccc(CCN)cc2c(C)c1OC(C)=O.Cl. The van der Waals surface area contributed by atoms with Crippen LogP contribution in [0.5, 0.6) is 11.5 Å². The monoisotopic (exact) mass is 337 g/mol. The van der Waals surface area contributed by atoms with E-state index in [-0.39, 0.29) is 23.9 Å². The predicted octanol–water partition coefficient (Wildman–Crippen LogP) is 2.92. The normalized spacial score (nSPS) is 10.1. The molecule has 124 valence electrons. The van der Waals surface area contributed by atoms with Gasteiger partial charge in [0.05, 0.1) is 0 Å². The van der Waals surface area contributed by atoms with Crippen molar-refractivity contribution in [1.82, 2.24) is 0 Å². The molecule has 0 aliphatic carbocycles. The number of ether oxygens (including phenoxy) is 2. The number of aryl methyl sites for hydroxylation is 1. The first-order valence-corrected chi connectivity index (χ1v) is 7.05. The quantitative estimate of drug-likeness (QED) is 0.685. The maximum Gasteiger partial charge on any atom is 0.308 e. The summed E-state index contributed by atoms with van der Waals surface area (Å²) in [4.78, 5) is 22.6. The molecule has 0 saturated carbocycles. The van der Waals surface area contributed by atoms with Crippen LogP contribution in [0.2, 0.25) is 0 Å². The molecule has 0 heterocycles. The van der Waals surface area contributed by atoms with Gasteiger partial charge in [-0.2, -0.15) is 0 Å². The summed E-state index contributed by atoms with van der Waals surface area (Å²) in [6, 6.07) is 7.64. The van der Waals surface area contributed by atoms with Crippen molar-refractivity contribution in [2.45, 2.75) is 27.2 Å². The molecule has 0 radical (unpaired) electrons. The van der Waals surface area contributed by atoms with Crippen LogP contribution < -0.4 is 15.2 Å². The first kappa shape index (κ1) is 18.9. The Kier molecular flexibility index (Phi) is 6.54. The van der Waals surface area contributed by atoms with E-state index in [1.807, 2.05) is 25.1 Å². The van der Waals surface area contributed by atoms with Crippen LogP contribution in [0.3, 0.4) is 0 Å². The van der Waals surface area contributed by atoms with E-state index in [0.717, 1.165) is 28.3 Å². The molecule has 0 atom stereocenters. The van der Waals surface area contributed by atoms with E-state index in [4.69, 9.17) is 15.2 Å². The van der Waals surface area contributed by atoms with Crippen LogP contribution in [0.4, 0.5) is 0 Å². The minimum Gasteiger partial charge on any atom is -0.423 e. The number of hydrogen-bond donors (Lipinski definition) is 1. The molecule has 0 unspecified atom stereocenters. The van der Waals surface area contributed by atoms with Crippen LogP contribution in [0.1, 0.15) is 25.0 Å². The van der Waals surface area contributed by atoms with Crippen LogP contribution in [0.15, 0.2) is 24.3 Å². The fraction of sp³-hybridized carbons (Fsp3) is 0.294. The van der Waals surface area contributed by atoms with Gasteiger partial charge in [-0.3, -0.25) is 9.59 Å². The highest BCUT2D eigenvalue weighted by atomic mass is 35.5. The highest BCUT2D eigenvalue weighted by Crippen LogP contribution is 2.38. The van der Waals surface area contributed by atoms with Crippen molar-refractivity contribution in [3.05, 3.63) is 35.4 Å². The summed E-state index contributed by atoms with van der Waals surface area (Å²) in [5, 5.41) is 1.85. The Morgan fingerprint density at radius 2 is 1.74 bits per heavy atom. The van der Waals surface area contributed by atoms with E-state index in [1.54, 1.807) is 6.07 Å². The largest absolute Gasteiger partial charge is 0.423 e. The summed E-state index contributed by atoms with van der Waals surface area (Å²) in [6.07, 6.45) is 0.768. The first-order chi connectivity index (χ1) is 10.4. The third-order valence-electron chi connectivity index (χ3n) is 3.31. The van der Waals surface area contributed by atoms with Gasteiger partial charge >= 0.3 is 11.9 Å². The molecule has 0 saturated heterocycles. The number of nitrogens with two attached hydrogens (primary N) is 1. The van der Waals surface area contributed by atoms with Gasteiger partial charge in [0.2, 0.25) is 0 Å². The smallest absolute Gasteiger partial charge is 0.308 e. The summed E-state index contributed by atoms with van der Waals surface area (Å²) < 4.78 is 10.4. The molecule has 0 amide bonds. The Balaban J connectivity index is 0.00000264. The summed E-state index contributed by atoms with van der Waals surface area (Å²) in [6.45, 7) is 5.01. The Hall–Kier alpha value is -2.11. The van der Waals surface area contributed by atoms with Gasteiger partial charge in [-0.25, -0.2) is 0 Å². The number of rotatable bonds is 4. The molecule has 0 spiro atoms. The molecule has 0 aliphatic rings. The summed E-state index contributed by atoms with van der Waals surface area (Å²) in [5.74, 6) is -0.403. The second kappa shape index (κ2) is 7.94. The van der Waals surface area contributed by atoms with Gasteiger partial charge in [-0.15, -0.1) is 12.4 Å². The first-order valence-electron chi connectivity index (χ1n) is 7.05. The number of carbonyl (C=O) groups excluding carboxylic acids is 2. The number of halogens is 1. The number of carbonyl (C=O) groups is 2. The summed E-state index contributed by atoms with van der Waals surface area (Å²) >= 11 is 0. The predicted molar refractivity (Wildman–Crippen MR) is 91.3 cm³/mol. The lowest BCUT2D eigenvalue weighted by molar-refractivity contribution is -0.134. The number of fused-ring (bicyclic) bond motifs is 1. The van der Waals surface area contributed by atoms with E-state index < -0.39 is 11.9 Å². The lowest BCUT2D eigenvalue weighted by atomic mass is 10.00. The van der Waals surface area contributed by atoms with E-state index in [0.29, 0.717) is 6.54 Å². The van der Waals surface area contributed by atoms with Gasteiger partial charge in [0.1, 0.15) is 0 Å². The van der Waals surface area contributed by atoms with Crippen molar-refractivity contribution < 1.29 is 19.1 Å². The number of hydrogen-bond acceptors (Lipinski definition) is 5. The fourth-order valence-electron chi connectivity index (χ4n) is 2.39. The van der Waals surface area contributed by atoms with Crippen LogP contribution in [-0.2, 0) is 16.0 Å². The molecule has 0 bridgehead atoms. The molecule has 23 heavy (non-hydrogen) atoms. The number of benzene rings is 2. The molecule has 2 aromatic carbocycles. The minimum atomic E-state index is -0.466. The maximum absolute atomic E-state index is 11.3. The van der Waals surface area contributed by atoms with Gasteiger partial charge in [0.15, 0.2) is 11.5 Å². The fourth-order valence-corrected chi connectivity index (χ4v) is 2.39. The zero-order valence-electron chi connectivity index (χ0n) is 13.3. The summed E-state index contributed by atoms with van der Waals surface area (Å²) in [7, 11) is 0. The van der Waals surface area contributed by atoms with Crippen molar-refractivity contribution in [3.63, 3.8) is 0 Å².